The van der Waals surface area contributed by atoms with Gasteiger partial charge in [-0.05, 0) is 26.0 Å². The lowest BCUT2D eigenvalue weighted by atomic mass is 10.2. The maximum Gasteiger partial charge on any atom is 0.323 e. The highest BCUT2D eigenvalue weighted by Gasteiger charge is 2.21. The maximum absolute atomic E-state index is 12.3. The molecule has 2 N–H and O–H groups in total. The molecule has 0 heterocycles. The average Bonchev–Trinajstić information content (AvgIpc) is 2.58. The Labute approximate surface area is 152 Å². The number of aliphatic carboxylic acids is 1. The van der Waals surface area contributed by atoms with E-state index < -0.39 is 28.4 Å². The van der Waals surface area contributed by atoms with E-state index in [9.17, 15) is 18.0 Å². The molecular formula is C16H24N2O7S. The van der Waals surface area contributed by atoms with E-state index in [1.807, 2.05) is 0 Å². The minimum atomic E-state index is -3.86. The first-order valence-corrected chi connectivity index (χ1v) is 9.33. The third-order valence-electron chi connectivity index (χ3n) is 3.55. The van der Waals surface area contributed by atoms with Crippen molar-refractivity contribution >= 4 is 21.9 Å². The highest BCUT2D eigenvalue weighted by Crippen LogP contribution is 2.29. The molecule has 9 nitrogen and oxygen atoms in total. The van der Waals surface area contributed by atoms with Gasteiger partial charge in [0.1, 0.15) is 6.54 Å². The molecule has 0 spiro atoms. The molecule has 0 aliphatic rings. The number of carbonyl (C=O) groups is 2. The molecule has 0 atom stereocenters. The van der Waals surface area contributed by atoms with Crippen LogP contribution in [0, 0.1) is 0 Å². The number of hydrogen-bond donors (Lipinski definition) is 2. The zero-order chi connectivity index (χ0) is 19.9. The van der Waals surface area contributed by atoms with Gasteiger partial charge in [-0.2, -0.15) is 0 Å². The molecule has 0 unspecified atom stereocenters. The van der Waals surface area contributed by atoms with Crippen molar-refractivity contribution in [2.45, 2.75) is 31.2 Å². The van der Waals surface area contributed by atoms with Crippen LogP contribution in [0.2, 0.25) is 0 Å². The van der Waals surface area contributed by atoms with Crippen LogP contribution in [-0.2, 0) is 19.6 Å². The molecule has 0 bridgehead atoms. The van der Waals surface area contributed by atoms with Crippen LogP contribution in [0.5, 0.6) is 11.5 Å². The Balaban J connectivity index is 2.77. The number of carboxylic acids is 1. The first-order valence-electron chi connectivity index (χ1n) is 7.85. The van der Waals surface area contributed by atoms with Gasteiger partial charge in [0.05, 0.1) is 19.1 Å². The standard InChI is InChI=1S/C16H24N2O7S/c1-11(2)18(10-16(20)21)15(19)7-8-17-26(22,23)12-5-6-13(24-3)14(9-12)25-4/h5-6,9,11,17H,7-8,10H2,1-4H3,(H,20,21). The number of methoxy groups -OCH3 is 2. The summed E-state index contributed by atoms with van der Waals surface area (Å²) in [6, 6.07) is 3.83. The Bertz CT molecular complexity index is 747. The second kappa shape index (κ2) is 9.39. The van der Waals surface area contributed by atoms with Crippen molar-refractivity contribution in [3.8, 4) is 11.5 Å². The van der Waals surface area contributed by atoms with Crippen molar-refractivity contribution in [1.82, 2.24) is 9.62 Å². The second-order valence-electron chi connectivity index (χ2n) is 5.67. The van der Waals surface area contributed by atoms with Gasteiger partial charge in [0, 0.05) is 25.1 Å². The Morgan fingerprint density at radius 2 is 1.81 bits per heavy atom. The molecule has 10 heteroatoms. The lowest BCUT2D eigenvalue weighted by molar-refractivity contribution is -0.145. The molecule has 0 aliphatic heterocycles. The molecule has 0 aromatic heterocycles. The quantitative estimate of drug-likeness (QED) is 0.605. The third kappa shape index (κ3) is 5.88. The highest BCUT2D eigenvalue weighted by atomic mass is 32.2. The van der Waals surface area contributed by atoms with Crippen molar-refractivity contribution < 1.29 is 32.6 Å². The number of benzene rings is 1. The lowest BCUT2D eigenvalue weighted by Gasteiger charge is -2.24. The summed E-state index contributed by atoms with van der Waals surface area (Å²) in [5.41, 5.74) is 0. The molecule has 0 saturated carbocycles. The summed E-state index contributed by atoms with van der Waals surface area (Å²) in [5, 5.41) is 8.85. The summed E-state index contributed by atoms with van der Waals surface area (Å²) in [4.78, 5) is 24.1. The first kappa shape index (κ1) is 21.7. The SMILES string of the molecule is COc1ccc(S(=O)(=O)NCCC(=O)N(CC(=O)O)C(C)C)cc1OC. The zero-order valence-electron chi connectivity index (χ0n) is 15.2. The van der Waals surface area contributed by atoms with Gasteiger partial charge in [0.25, 0.3) is 0 Å². The summed E-state index contributed by atoms with van der Waals surface area (Å²) in [6.07, 6.45) is -0.155. The number of rotatable bonds is 10. The van der Waals surface area contributed by atoms with Crippen LogP contribution >= 0.6 is 0 Å². The Morgan fingerprint density at radius 1 is 1.19 bits per heavy atom. The smallest absolute Gasteiger partial charge is 0.323 e. The fourth-order valence-electron chi connectivity index (χ4n) is 2.21. The van der Waals surface area contributed by atoms with Crippen LogP contribution < -0.4 is 14.2 Å². The Hall–Kier alpha value is -2.33. The average molecular weight is 388 g/mol. The van der Waals surface area contributed by atoms with E-state index in [0.717, 1.165) is 0 Å². The fourth-order valence-corrected chi connectivity index (χ4v) is 3.25. The van der Waals surface area contributed by atoms with Gasteiger partial charge >= 0.3 is 5.97 Å². The van der Waals surface area contributed by atoms with Crippen molar-refractivity contribution in [2.24, 2.45) is 0 Å². The third-order valence-corrected chi connectivity index (χ3v) is 5.00. The van der Waals surface area contributed by atoms with Gasteiger partial charge in [0.2, 0.25) is 15.9 Å². The highest BCUT2D eigenvalue weighted by molar-refractivity contribution is 7.89. The maximum atomic E-state index is 12.3. The summed E-state index contributed by atoms with van der Waals surface area (Å²) in [5.74, 6) is -0.919. The van der Waals surface area contributed by atoms with Gasteiger partial charge in [0.15, 0.2) is 11.5 Å². The molecular weight excluding hydrogens is 364 g/mol. The van der Waals surface area contributed by atoms with E-state index in [-0.39, 0.29) is 29.7 Å². The number of sulfonamides is 1. The first-order chi connectivity index (χ1) is 12.1. The minimum Gasteiger partial charge on any atom is -0.493 e. The lowest BCUT2D eigenvalue weighted by Crippen LogP contribution is -2.42. The van der Waals surface area contributed by atoms with Gasteiger partial charge in [-0.1, -0.05) is 0 Å². The molecule has 0 saturated heterocycles. The summed E-state index contributed by atoms with van der Waals surface area (Å²) >= 11 is 0. The van der Waals surface area contributed by atoms with Gasteiger partial charge < -0.3 is 19.5 Å². The van der Waals surface area contributed by atoms with E-state index >= 15 is 0 Å². The number of ether oxygens (including phenoxy) is 2. The number of nitrogens with zero attached hydrogens (tertiary/aromatic N) is 1. The molecule has 0 radical (unpaired) electrons. The van der Waals surface area contributed by atoms with Crippen LogP contribution in [0.1, 0.15) is 20.3 Å². The van der Waals surface area contributed by atoms with Crippen molar-refractivity contribution in [3.63, 3.8) is 0 Å². The normalized spacial score (nSPS) is 11.3. The largest absolute Gasteiger partial charge is 0.493 e. The van der Waals surface area contributed by atoms with Gasteiger partial charge in [-0.3, -0.25) is 9.59 Å². The summed E-state index contributed by atoms with van der Waals surface area (Å²) < 4.78 is 37.1. The van der Waals surface area contributed by atoms with E-state index in [1.54, 1.807) is 13.8 Å². The van der Waals surface area contributed by atoms with E-state index in [0.29, 0.717) is 5.75 Å². The van der Waals surface area contributed by atoms with E-state index in [1.165, 1.54) is 37.3 Å². The predicted octanol–water partition coefficient (Wildman–Crippen LogP) is 0.694. The van der Waals surface area contributed by atoms with Crippen molar-refractivity contribution in [1.29, 1.82) is 0 Å². The number of carboxylic acid groups (broad SMARTS) is 1. The topological polar surface area (TPSA) is 122 Å². The van der Waals surface area contributed by atoms with Gasteiger partial charge in [-0.15, -0.1) is 0 Å². The van der Waals surface area contributed by atoms with E-state index in [4.69, 9.17) is 14.6 Å². The van der Waals surface area contributed by atoms with Crippen LogP contribution in [0.3, 0.4) is 0 Å². The number of hydrogen-bond acceptors (Lipinski definition) is 6. The number of amides is 1. The minimum absolute atomic E-state index is 0.0335. The van der Waals surface area contributed by atoms with Crippen LogP contribution in [0.15, 0.2) is 23.1 Å². The van der Waals surface area contributed by atoms with Crippen LogP contribution in [0.4, 0.5) is 0 Å². The van der Waals surface area contributed by atoms with Crippen molar-refractivity contribution in [2.75, 3.05) is 27.3 Å². The predicted molar refractivity (Wildman–Crippen MR) is 93.8 cm³/mol. The van der Waals surface area contributed by atoms with E-state index in [2.05, 4.69) is 4.72 Å². The zero-order valence-corrected chi connectivity index (χ0v) is 16.0. The molecule has 146 valence electrons. The molecule has 1 aromatic carbocycles. The second-order valence-corrected chi connectivity index (χ2v) is 7.44. The molecule has 0 fully saturated rings. The van der Waals surface area contributed by atoms with Crippen LogP contribution in [0.25, 0.3) is 0 Å². The molecule has 26 heavy (non-hydrogen) atoms. The molecule has 0 aliphatic carbocycles. The summed E-state index contributed by atoms with van der Waals surface area (Å²) in [6.45, 7) is 2.79. The monoisotopic (exact) mass is 388 g/mol. The Morgan fingerprint density at radius 3 is 2.31 bits per heavy atom. The van der Waals surface area contributed by atoms with Crippen molar-refractivity contribution in [3.05, 3.63) is 18.2 Å². The number of carbonyl (C=O) groups excluding carboxylic acids is 1. The molecule has 1 amide bonds. The fraction of sp³-hybridized carbons (Fsp3) is 0.500. The molecule has 1 rings (SSSR count). The van der Waals surface area contributed by atoms with Gasteiger partial charge in [-0.25, -0.2) is 13.1 Å². The Kier molecular flexibility index (Phi) is 7.84. The van der Waals surface area contributed by atoms with Crippen LogP contribution in [-0.4, -0.2) is 63.7 Å². The molecule has 1 aromatic rings. The number of nitrogens with one attached hydrogen (secondary N) is 1. The summed E-state index contributed by atoms with van der Waals surface area (Å²) in [7, 11) is -1.02.